The highest BCUT2D eigenvalue weighted by Crippen LogP contribution is 2.35. The van der Waals surface area contributed by atoms with Crippen molar-refractivity contribution >= 4 is 33.2 Å². The van der Waals surface area contributed by atoms with Crippen molar-refractivity contribution in [1.29, 1.82) is 0 Å². The molecular formula is C11H12BrClFNO2. The molecule has 0 heterocycles. The van der Waals surface area contributed by atoms with Gasteiger partial charge in [-0.1, -0.05) is 41.4 Å². The van der Waals surface area contributed by atoms with Crippen molar-refractivity contribution in [3.8, 4) is 0 Å². The molecule has 3 nitrogen and oxygen atoms in total. The number of nitro benzene ring substituents is 1. The van der Waals surface area contributed by atoms with Gasteiger partial charge in [-0.05, 0) is 12.5 Å². The van der Waals surface area contributed by atoms with Crippen molar-refractivity contribution in [2.75, 3.05) is 0 Å². The second kappa shape index (κ2) is 5.78. The first-order valence-electron chi connectivity index (χ1n) is 5.15. The van der Waals surface area contributed by atoms with Crippen molar-refractivity contribution in [2.45, 2.75) is 31.0 Å². The maximum absolute atomic E-state index is 13.4. The fraction of sp³-hybridized carbons (Fsp3) is 0.455. The molecule has 0 aromatic heterocycles. The van der Waals surface area contributed by atoms with Crippen LogP contribution in [0.5, 0.6) is 0 Å². The number of benzene rings is 1. The first-order chi connectivity index (χ1) is 7.88. The molecule has 0 N–H and O–H groups in total. The van der Waals surface area contributed by atoms with Gasteiger partial charge in [0.2, 0.25) is 0 Å². The second-order valence-electron chi connectivity index (χ2n) is 3.80. The van der Waals surface area contributed by atoms with Crippen LogP contribution in [-0.4, -0.2) is 9.75 Å². The second-order valence-corrected chi connectivity index (χ2v) is 5.38. The lowest BCUT2D eigenvalue weighted by molar-refractivity contribution is -0.385. The number of hydrogen-bond acceptors (Lipinski definition) is 2. The standard InChI is InChI=1S/C11H12BrClFNO2/c1-3-8(12)6(2)7-4-10(14)9(13)5-11(7)15(16)17/h4-6,8H,3H2,1-2H3. The molecule has 0 fully saturated rings. The van der Waals surface area contributed by atoms with Gasteiger partial charge >= 0.3 is 0 Å². The third-order valence-corrected chi connectivity index (χ3v) is 4.42. The maximum atomic E-state index is 13.4. The number of halogens is 3. The number of hydrogen-bond donors (Lipinski definition) is 0. The summed E-state index contributed by atoms with van der Waals surface area (Å²) in [7, 11) is 0. The molecule has 0 amide bonds. The fourth-order valence-corrected chi connectivity index (χ4v) is 2.07. The molecule has 0 radical (unpaired) electrons. The Kier molecular flexibility index (Phi) is 4.89. The Morgan fingerprint density at radius 3 is 2.65 bits per heavy atom. The highest BCUT2D eigenvalue weighted by atomic mass is 79.9. The van der Waals surface area contributed by atoms with Gasteiger partial charge in [0.15, 0.2) is 0 Å². The molecule has 94 valence electrons. The minimum atomic E-state index is -0.630. The van der Waals surface area contributed by atoms with Crippen LogP contribution in [0, 0.1) is 15.9 Å². The zero-order valence-electron chi connectivity index (χ0n) is 9.41. The summed E-state index contributed by atoms with van der Waals surface area (Å²) in [6.45, 7) is 3.77. The van der Waals surface area contributed by atoms with Gasteiger partial charge in [0, 0.05) is 22.4 Å². The van der Waals surface area contributed by atoms with E-state index in [1.807, 2.05) is 13.8 Å². The summed E-state index contributed by atoms with van der Waals surface area (Å²) in [5.74, 6) is -0.790. The molecule has 1 aromatic carbocycles. The van der Waals surface area contributed by atoms with Gasteiger partial charge in [-0.3, -0.25) is 10.1 Å². The van der Waals surface area contributed by atoms with Gasteiger partial charge < -0.3 is 0 Å². The molecule has 2 atom stereocenters. The van der Waals surface area contributed by atoms with E-state index in [9.17, 15) is 14.5 Å². The molecule has 2 unspecified atom stereocenters. The number of rotatable bonds is 4. The van der Waals surface area contributed by atoms with Gasteiger partial charge in [0.05, 0.1) is 9.95 Å². The van der Waals surface area contributed by atoms with Crippen LogP contribution < -0.4 is 0 Å². The van der Waals surface area contributed by atoms with E-state index in [0.717, 1.165) is 18.6 Å². The van der Waals surface area contributed by atoms with E-state index in [-0.39, 0.29) is 21.5 Å². The van der Waals surface area contributed by atoms with Gasteiger partial charge in [-0.25, -0.2) is 4.39 Å². The van der Waals surface area contributed by atoms with Crippen molar-refractivity contribution < 1.29 is 9.31 Å². The van der Waals surface area contributed by atoms with E-state index in [1.165, 1.54) is 0 Å². The van der Waals surface area contributed by atoms with Crippen molar-refractivity contribution in [2.24, 2.45) is 0 Å². The van der Waals surface area contributed by atoms with Crippen LogP contribution in [0.2, 0.25) is 5.02 Å². The van der Waals surface area contributed by atoms with E-state index >= 15 is 0 Å². The predicted octanol–water partition coefficient (Wildman–Crippen LogP) is 4.66. The fourth-order valence-electron chi connectivity index (χ4n) is 1.62. The van der Waals surface area contributed by atoms with Crippen molar-refractivity contribution in [3.05, 3.63) is 38.7 Å². The average Bonchev–Trinajstić information content (AvgIpc) is 2.29. The maximum Gasteiger partial charge on any atom is 0.274 e. The van der Waals surface area contributed by atoms with E-state index in [1.54, 1.807) is 0 Å². The molecule has 0 saturated carbocycles. The summed E-state index contributed by atoms with van der Waals surface area (Å²) in [4.78, 5) is 10.4. The van der Waals surface area contributed by atoms with Gasteiger partial charge in [0.25, 0.3) is 5.69 Å². The summed E-state index contributed by atoms with van der Waals surface area (Å²) < 4.78 is 13.4. The van der Waals surface area contributed by atoms with Crippen LogP contribution in [0.15, 0.2) is 12.1 Å². The van der Waals surface area contributed by atoms with E-state index in [4.69, 9.17) is 11.6 Å². The van der Waals surface area contributed by atoms with Crippen LogP contribution in [0.4, 0.5) is 10.1 Å². The van der Waals surface area contributed by atoms with Gasteiger partial charge in [-0.2, -0.15) is 0 Å². The monoisotopic (exact) mass is 323 g/mol. The number of alkyl halides is 1. The zero-order valence-corrected chi connectivity index (χ0v) is 11.8. The SMILES string of the molecule is CCC(Br)C(C)c1cc(F)c(Cl)cc1[N+](=O)[O-]. The third-order valence-electron chi connectivity index (χ3n) is 2.69. The molecule has 6 heteroatoms. The summed E-state index contributed by atoms with van der Waals surface area (Å²) in [6.07, 6.45) is 0.794. The zero-order chi connectivity index (χ0) is 13.2. The molecule has 0 saturated heterocycles. The van der Waals surface area contributed by atoms with Gasteiger partial charge in [-0.15, -0.1) is 0 Å². The van der Waals surface area contributed by atoms with Crippen LogP contribution in [-0.2, 0) is 0 Å². The Morgan fingerprint density at radius 1 is 1.59 bits per heavy atom. The lowest BCUT2D eigenvalue weighted by atomic mass is 9.95. The molecule has 0 aliphatic carbocycles. The van der Waals surface area contributed by atoms with Crippen molar-refractivity contribution in [3.63, 3.8) is 0 Å². The minimum absolute atomic E-state index is 0.0572. The summed E-state index contributed by atoms with van der Waals surface area (Å²) in [5.41, 5.74) is 0.224. The Labute approximate surface area is 112 Å². The lowest BCUT2D eigenvalue weighted by Crippen LogP contribution is -2.10. The topological polar surface area (TPSA) is 43.1 Å². The Balaban J connectivity index is 3.30. The van der Waals surface area contributed by atoms with E-state index < -0.39 is 10.7 Å². The Bertz CT molecular complexity index is 442. The van der Waals surface area contributed by atoms with Crippen LogP contribution >= 0.6 is 27.5 Å². The highest BCUT2D eigenvalue weighted by Gasteiger charge is 2.25. The van der Waals surface area contributed by atoms with Crippen molar-refractivity contribution in [1.82, 2.24) is 0 Å². The van der Waals surface area contributed by atoms with Crippen LogP contribution in [0.3, 0.4) is 0 Å². The normalized spacial score (nSPS) is 14.4. The molecule has 0 spiro atoms. The summed E-state index contributed by atoms with van der Waals surface area (Å²) >= 11 is 8.98. The summed E-state index contributed by atoms with van der Waals surface area (Å²) in [5, 5.41) is 10.7. The molecule has 0 bridgehead atoms. The summed E-state index contributed by atoms with van der Waals surface area (Å²) in [6, 6.07) is 2.22. The Morgan fingerprint density at radius 2 is 2.18 bits per heavy atom. The molecule has 1 rings (SSSR count). The van der Waals surface area contributed by atoms with Crippen LogP contribution in [0.25, 0.3) is 0 Å². The largest absolute Gasteiger partial charge is 0.274 e. The number of nitrogens with zero attached hydrogens (tertiary/aromatic N) is 1. The minimum Gasteiger partial charge on any atom is -0.258 e. The average molecular weight is 325 g/mol. The van der Waals surface area contributed by atoms with Gasteiger partial charge in [0.1, 0.15) is 5.82 Å². The highest BCUT2D eigenvalue weighted by molar-refractivity contribution is 9.09. The number of nitro groups is 1. The van der Waals surface area contributed by atoms with E-state index in [2.05, 4.69) is 15.9 Å². The first kappa shape index (κ1) is 14.4. The first-order valence-corrected chi connectivity index (χ1v) is 6.45. The quantitative estimate of drug-likeness (QED) is 0.459. The molecular weight excluding hydrogens is 312 g/mol. The molecule has 17 heavy (non-hydrogen) atoms. The smallest absolute Gasteiger partial charge is 0.258 e. The molecule has 1 aromatic rings. The lowest BCUT2D eigenvalue weighted by Gasteiger charge is -2.17. The third kappa shape index (κ3) is 3.16. The van der Waals surface area contributed by atoms with E-state index in [0.29, 0.717) is 5.56 Å². The predicted molar refractivity (Wildman–Crippen MR) is 69.5 cm³/mol. The molecule has 0 aliphatic rings. The molecule has 0 aliphatic heterocycles. The Hall–Kier alpha value is -0.680. The van der Waals surface area contributed by atoms with Crippen LogP contribution in [0.1, 0.15) is 31.7 Å².